The molecule has 2 aromatic heterocycles. The molecule has 3 aromatic rings. The molecule has 0 fully saturated rings. The molecule has 0 spiro atoms. The van der Waals surface area contributed by atoms with E-state index in [4.69, 9.17) is 0 Å². The lowest BCUT2D eigenvalue weighted by Crippen LogP contribution is -2.16. The molecule has 0 aliphatic rings. The van der Waals surface area contributed by atoms with Crippen molar-refractivity contribution in [3.8, 4) is 0 Å². The van der Waals surface area contributed by atoms with Crippen molar-refractivity contribution in [2.45, 2.75) is 32.6 Å². The summed E-state index contributed by atoms with van der Waals surface area (Å²) in [4.78, 5) is 31.1. The number of amides is 1. The van der Waals surface area contributed by atoms with E-state index in [1.807, 2.05) is 19.9 Å². The molecule has 0 radical (unpaired) electrons. The van der Waals surface area contributed by atoms with E-state index in [1.54, 1.807) is 18.2 Å². The number of nitrogens with one attached hydrogen (secondary N) is 2. The smallest absolute Gasteiger partial charge is 0.258 e. The highest BCUT2D eigenvalue weighted by Gasteiger charge is 2.11. The second-order valence-electron chi connectivity index (χ2n) is 5.68. The van der Waals surface area contributed by atoms with Gasteiger partial charge in [-0.3, -0.25) is 9.59 Å². The highest BCUT2D eigenvalue weighted by molar-refractivity contribution is 7.15. The van der Waals surface area contributed by atoms with Gasteiger partial charge in [0.25, 0.3) is 5.56 Å². The number of aromatic nitrogens is 4. The molecule has 0 unspecified atom stereocenters. The van der Waals surface area contributed by atoms with Crippen molar-refractivity contribution in [2.75, 3.05) is 5.32 Å². The fourth-order valence-corrected chi connectivity index (χ4v) is 2.95. The molecule has 0 aliphatic heterocycles. The standard InChI is InChI=1S/C16H17N5O2S/c1-9(2)15-20-21-16(24-15)19-13(22)8-7-12-17-11-6-4-3-5-10(11)14(23)18-12/h3-6,9H,7-8H2,1-2H3,(H,17,18,23)(H,19,21,22). The summed E-state index contributed by atoms with van der Waals surface area (Å²) >= 11 is 1.37. The first kappa shape index (κ1) is 16.3. The van der Waals surface area contributed by atoms with Gasteiger partial charge in [0.1, 0.15) is 10.8 Å². The molecule has 2 N–H and O–H groups in total. The first-order valence-electron chi connectivity index (χ1n) is 7.64. The van der Waals surface area contributed by atoms with Gasteiger partial charge in [0.2, 0.25) is 11.0 Å². The third-order valence-corrected chi connectivity index (χ3v) is 4.57. The van der Waals surface area contributed by atoms with Gasteiger partial charge in [-0.1, -0.05) is 37.3 Å². The predicted molar refractivity (Wildman–Crippen MR) is 93.3 cm³/mol. The number of fused-ring (bicyclic) bond motifs is 1. The Morgan fingerprint density at radius 3 is 2.83 bits per heavy atom. The van der Waals surface area contributed by atoms with Gasteiger partial charge in [0, 0.05) is 18.8 Å². The minimum Gasteiger partial charge on any atom is -0.310 e. The van der Waals surface area contributed by atoms with Crippen LogP contribution in [0.5, 0.6) is 0 Å². The highest BCUT2D eigenvalue weighted by Crippen LogP contribution is 2.22. The van der Waals surface area contributed by atoms with E-state index in [0.717, 1.165) is 5.01 Å². The van der Waals surface area contributed by atoms with Crippen LogP contribution in [-0.2, 0) is 11.2 Å². The number of anilines is 1. The molecule has 0 saturated carbocycles. The van der Waals surface area contributed by atoms with Crippen LogP contribution in [0, 0.1) is 0 Å². The summed E-state index contributed by atoms with van der Waals surface area (Å²) < 4.78 is 0. The molecule has 1 amide bonds. The SMILES string of the molecule is CC(C)c1nnc(NC(=O)CCc2nc3ccccc3c(=O)[nH]2)s1. The van der Waals surface area contributed by atoms with E-state index in [9.17, 15) is 9.59 Å². The zero-order valence-electron chi connectivity index (χ0n) is 13.4. The number of rotatable bonds is 5. The minimum absolute atomic E-state index is 0.183. The third-order valence-electron chi connectivity index (χ3n) is 3.43. The van der Waals surface area contributed by atoms with Gasteiger partial charge in [-0.05, 0) is 12.1 Å². The summed E-state index contributed by atoms with van der Waals surface area (Å²) in [6, 6.07) is 7.12. The fraction of sp³-hybridized carbons (Fsp3) is 0.312. The first-order chi connectivity index (χ1) is 11.5. The second kappa shape index (κ2) is 6.88. The Morgan fingerprint density at radius 2 is 2.08 bits per heavy atom. The summed E-state index contributed by atoms with van der Waals surface area (Å²) in [6.45, 7) is 4.04. The summed E-state index contributed by atoms with van der Waals surface area (Å²) in [7, 11) is 0. The monoisotopic (exact) mass is 343 g/mol. The Bertz CT molecular complexity index is 931. The van der Waals surface area contributed by atoms with Gasteiger partial charge in [-0.15, -0.1) is 10.2 Å². The zero-order chi connectivity index (χ0) is 17.1. The molecule has 1 aromatic carbocycles. The lowest BCUT2D eigenvalue weighted by atomic mass is 10.2. The molecular weight excluding hydrogens is 326 g/mol. The van der Waals surface area contributed by atoms with Gasteiger partial charge >= 0.3 is 0 Å². The number of hydrogen-bond donors (Lipinski definition) is 2. The van der Waals surface area contributed by atoms with Crippen LogP contribution in [0.1, 0.15) is 37.0 Å². The number of nitrogens with zero attached hydrogens (tertiary/aromatic N) is 3. The summed E-state index contributed by atoms with van der Waals surface area (Å²) in [5, 5.41) is 12.6. The predicted octanol–water partition coefficient (Wildman–Crippen LogP) is 2.47. The van der Waals surface area contributed by atoms with Crippen LogP contribution in [0.25, 0.3) is 10.9 Å². The Hall–Kier alpha value is -2.61. The van der Waals surface area contributed by atoms with E-state index in [0.29, 0.717) is 28.3 Å². The van der Waals surface area contributed by atoms with Crippen molar-refractivity contribution in [3.63, 3.8) is 0 Å². The normalized spacial score (nSPS) is 11.1. The summed E-state index contributed by atoms with van der Waals surface area (Å²) in [5.74, 6) is 0.589. The Morgan fingerprint density at radius 1 is 1.29 bits per heavy atom. The van der Waals surface area contributed by atoms with Crippen LogP contribution < -0.4 is 10.9 Å². The summed E-state index contributed by atoms with van der Waals surface area (Å²) in [5.41, 5.74) is 0.434. The number of carbonyl (C=O) groups is 1. The van der Waals surface area contributed by atoms with E-state index >= 15 is 0 Å². The molecule has 0 saturated heterocycles. The van der Waals surface area contributed by atoms with Crippen molar-refractivity contribution < 1.29 is 4.79 Å². The molecule has 0 atom stereocenters. The quantitative estimate of drug-likeness (QED) is 0.741. The number of H-pyrrole nitrogens is 1. The maximum atomic E-state index is 12.0. The van der Waals surface area contributed by atoms with E-state index in [2.05, 4.69) is 25.5 Å². The molecule has 7 nitrogen and oxygen atoms in total. The maximum absolute atomic E-state index is 12.0. The fourth-order valence-electron chi connectivity index (χ4n) is 2.19. The average molecular weight is 343 g/mol. The number of carbonyl (C=O) groups excluding carboxylic acids is 1. The van der Waals surface area contributed by atoms with E-state index < -0.39 is 0 Å². The molecule has 0 bridgehead atoms. The molecule has 3 rings (SSSR count). The average Bonchev–Trinajstić information content (AvgIpc) is 3.02. The van der Waals surface area contributed by atoms with Crippen LogP contribution in [0.2, 0.25) is 0 Å². The second-order valence-corrected chi connectivity index (χ2v) is 6.69. The van der Waals surface area contributed by atoms with E-state index in [1.165, 1.54) is 11.3 Å². The lowest BCUT2D eigenvalue weighted by molar-refractivity contribution is -0.116. The third kappa shape index (κ3) is 3.65. The first-order valence-corrected chi connectivity index (χ1v) is 8.46. The van der Waals surface area contributed by atoms with E-state index in [-0.39, 0.29) is 23.8 Å². The van der Waals surface area contributed by atoms with Crippen molar-refractivity contribution >= 4 is 33.3 Å². The Labute approximate surface area is 142 Å². The van der Waals surface area contributed by atoms with Crippen molar-refractivity contribution in [1.29, 1.82) is 0 Å². The van der Waals surface area contributed by atoms with Gasteiger partial charge in [-0.2, -0.15) is 0 Å². The van der Waals surface area contributed by atoms with Gasteiger partial charge in [0.15, 0.2) is 0 Å². The van der Waals surface area contributed by atoms with Crippen LogP contribution >= 0.6 is 11.3 Å². The van der Waals surface area contributed by atoms with Gasteiger partial charge in [-0.25, -0.2) is 4.98 Å². The number of aromatic amines is 1. The Balaban J connectivity index is 1.64. The van der Waals surface area contributed by atoms with Crippen molar-refractivity contribution in [2.24, 2.45) is 0 Å². The van der Waals surface area contributed by atoms with Gasteiger partial charge < -0.3 is 10.3 Å². The van der Waals surface area contributed by atoms with Crippen LogP contribution in [-0.4, -0.2) is 26.1 Å². The molecule has 24 heavy (non-hydrogen) atoms. The highest BCUT2D eigenvalue weighted by atomic mass is 32.1. The molecule has 2 heterocycles. The molecule has 8 heteroatoms. The molecule has 0 aliphatic carbocycles. The maximum Gasteiger partial charge on any atom is 0.258 e. The largest absolute Gasteiger partial charge is 0.310 e. The summed E-state index contributed by atoms with van der Waals surface area (Å²) in [6.07, 6.45) is 0.555. The van der Waals surface area contributed by atoms with Crippen LogP contribution in [0.4, 0.5) is 5.13 Å². The topological polar surface area (TPSA) is 101 Å². The van der Waals surface area contributed by atoms with Crippen LogP contribution in [0.15, 0.2) is 29.1 Å². The van der Waals surface area contributed by atoms with Crippen molar-refractivity contribution in [1.82, 2.24) is 20.2 Å². The number of benzene rings is 1. The number of para-hydroxylation sites is 1. The molecule has 124 valence electrons. The molecular formula is C16H17N5O2S. The van der Waals surface area contributed by atoms with Crippen LogP contribution in [0.3, 0.4) is 0 Å². The Kier molecular flexibility index (Phi) is 4.66. The minimum atomic E-state index is -0.193. The lowest BCUT2D eigenvalue weighted by Gasteiger charge is -2.03. The van der Waals surface area contributed by atoms with Gasteiger partial charge in [0.05, 0.1) is 10.9 Å². The number of aryl methyl sites for hydroxylation is 1. The zero-order valence-corrected chi connectivity index (χ0v) is 14.2. The van der Waals surface area contributed by atoms with Crippen molar-refractivity contribution in [3.05, 3.63) is 45.5 Å². The number of hydrogen-bond acceptors (Lipinski definition) is 6.